The molecule has 2 N–H and O–H groups in total. The number of carbonyl (C=O) groups excluding carboxylic acids is 1. The minimum Gasteiger partial charge on any atom is -0.400 e. The van der Waals surface area contributed by atoms with E-state index in [9.17, 15) is 18.0 Å². The number of rotatable bonds is 7. The second-order valence-electron chi connectivity index (χ2n) is 10.3. The van der Waals surface area contributed by atoms with Gasteiger partial charge in [0.2, 0.25) is 0 Å². The highest BCUT2D eigenvalue weighted by Gasteiger charge is 2.44. The first-order chi connectivity index (χ1) is 15.6. The number of piperidine rings is 1. The van der Waals surface area contributed by atoms with Crippen molar-refractivity contribution in [2.75, 3.05) is 20.1 Å². The fourth-order valence-corrected chi connectivity index (χ4v) is 6.04. The van der Waals surface area contributed by atoms with Crippen molar-refractivity contribution in [3.05, 3.63) is 34.0 Å². The zero-order valence-electron chi connectivity index (χ0n) is 19.9. The second kappa shape index (κ2) is 11.4. The summed E-state index contributed by atoms with van der Waals surface area (Å²) in [6.45, 7) is 4.35. The molecule has 7 heteroatoms. The predicted molar refractivity (Wildman–Crippen MR) is 128 cm³/mol. The largest absolute Gasteiger partial charge is 0.400 e. The smallest absolute Gasteiger partial charge is 0.397 e. The van der Waals surface area contributed by atoms with Gasteiger partial charge in [-0.15, -0.1) is 0 Å². The van der Waals surface area contributed by atoms with Crippen LogP contribution in [-0.4, -0.2) is 37.0 Å². The number of hydrogen-bond acceptors (Lipinski definition) is 3. The Kier molecular flexibility index (Phi) is 9.13. The van der Waals surface area contributed by atoms with Gasteiger partial charge in [-0.05, 0) is 102 Å². The summed E-state index contributed by atoms with van der Waals surface area (Å²) in [5.41, 5.74) is 7.07. The van der Waals surface area contributed by atoms with Gasteiger partial charge in [-0.2, -0.15) is 13.2 Å². The topological polar surface area (TPSA) is 46.3 Å². The minimum atomic E-state index is -4.44. The number of allylic oxidation sites excluding steroid dienone is 6. The van der Waals surface area contributed by atoms with Gasteiger partial charge in [-0.25, -0.2) is 0 Å². The maximum absolute atomic E-state index is 13.4. The van der Waals surface area contributed by atoms with Crippen molar-refractivity contribution in [2.24, 2.45) is 29.4 Å². The van der Waals surface area contributed by atoms with Crippen LogP contribution in [0.3, 0.4) is 0 Å². The molecule has 33 heavy (non-hydrogen) atoms. The van der Waals surface area contributed by atoms with Crippen LogP contribution < -0.4 is 5.73 Å². The molecule has 0 bridgehead atoms. The third-order valence-corrected chi connectivity index (χ3v) is 8.17. The molecule has 1 aliphatic heterocycles. The van der Waals surface area contributed by atoms with Crippen LogP contribution in [-0.2, 0) is 4.79 Å². The van der Waals surface area contributed by atoms with Gasteiger partial charge in [0.15, 0.2) is 5.78 Å². The molecule has 0 spiro atoms. The normalized spacial score (nSPS) is 26.8. The van der Waals surface area contributed by atoms with E-state index in [0.29, 0.717) is 18.4 Å². The first-order valence-electron chi connectivity index (χ1n) is 12.4. The average molecular weight is 487 g/mol. The third kappa shape index (κ3) is 7.11. The zero-order valence-corrected chi connectivity index (χ0v) is 20.6. The van der Waals surface area contributed by atoms with Crippen LogP contribution in [0.5, 0.6) is 0 Å². The van der Waals surface area contributed by atoms with E-state index in [1.807, 2.05) is 13.0 Å². The second-order valence-corrected chi connectivity index (χ2v) is 10.7. The summed E-state index contributed by atoms with van der Waals surface area (Å²) in [6.07, 6.45) is 7.22. The lowest BCUT2D eigenvalue weighted by Gasteiger charge is -2.36. The molecular formula is C26H38ClF3N2O. The number of hydrogen-bond donors (Lipinski definition) is 1. The van der Waals surface area contributed by atoms with E-state index in [0.717, 1.165) is 43.9 Å². The van der Waals surface area contributed by atoms with Gasteiger partial charge in [0.1, 0.15) is 0 Å². The Hall–Kier alpha value is -1.27. The van der Waals surface area contributed by atoms with Crippen LogP contribution in [0.15, 0.2) is 34.0 Å². The molecule has 3 aliphatic rings. The Morgan fingerprint density at radius 3 is 2.39 bits per heavy atom. The molecule has 186 valence electrons. The Labute approximate surface area is 201 Å². The molecule has 1 heterocycles. The quantitative estimate of drug-likeness (QED) is 0.405. The maximum atomic E-state index is 13.4. The van der Waals surface area contributed by atoms with Gasteiger partial charge in [-0.3, -0.25) is 4.79 Å². The molecule has 3 nitrogen and oxygen atoms in total. The molecule has 1 saturated heterocycles. The Balaban J connectivity index is 1.60. The number of nitrogens with two attached hydrogens (primary N) is 1. The number of nitrogens with zero attached hydrogens (tertiary/aromatic N) is 1. The van der Waals surface area contributed by atoms with Gasteiger partial charge in [0, 0.05) is 11.6 Å². The summed E-state index contributed by atoms with van der Waals surface area (Å²) >= 11 is 6.02. The molecule has 0 aromatic carbocycles. The molecule has 3 rings (SSSR count). The van der Waals surface area contributed by atoms with E-state index < -0.39 is 12.1 Å². The lowest BCUT2D eigenvalue weighted by molar-refractivity contribution is -0.164. The summed E-state index contributed by atoms with van der Waals surface area (Å²) in [6, 6.07) is 0. The fraction of sp³-hybridized carbons (Fsp3) is 0.731. The summed E-state index contributed by atoms with van der Waals surface area (Å²) in [5, 5.41) is -0.0492. The molecule has 0 radical (unpaired) electrons. The SMILES string of the molecule is CCC[C@H](CC1=CC(Cl)=C(N)C(C(F)(F)F)C1)C(=O)C=C1CCC(C2CCN(C)CC2)CC1. The van der Waals surface area contributed by atoms with Gasteiger partial charge in [0.25, 0.3) is 0 Å². The fourth-order valence-electron chi connectivity index (χ4n) is 5.75. The van der Waals surface area contributed by atoms with Crippen LogP contribution in [0, 0.1) is 23.7 Å². The van der Waals surface area contributed by atoms with Crippen molar-refractivity contribution in [3.63, 3.8) is 0 Å². The van der Waals surface area contributed by atoms with Gasteiger partial charge >= 0.3 is 6.18 Å². The van der Waals surface area contributed by atoms with Crippen LogP contribution in [0.1, 0.15) is 71.1 Å². The highest BCUT2D eigenvalue weighted by molar-refractivity contribution is 6.31. The van der Waals surface area contributed by atoms with E-state index in [1.165, 1.54) is 37.6 Å². The Bertz CT molecular complexity index is 784. The lowest BCUT2D eigenvalue weighted by Crippen LogP contribution is -2.34. The van der Waals surface area contributed by atoms with E-state index >= 15 is 0 Å². The van der Waals surface area contributed by atoms with E-state index in [2.05, 4.69) is 11.9 Å². The highest BCUT2D eigenvalue weighted by atomic mass is 35.5. The Morgan fingerprint density at radius 2 is 1.82 bits per heavy atom. The van der Waals surface area contributed by atoms with Crippen LogP contribution in [0.4, 0.5) is 13.2 Å². The highest BCUT2D eigenvalue weighted by Crippen LogP contribution is 2.42. The van der Waals surface area contributed by atoms with Crippen LogP contribution >= 0.6 is 11.6 Å². The van der Waals surface area contributed by atoms with Crippen molar-refractivity contribution in [2.45, 2.75) is 77.3 Å². The molecule has 2 atom stereocenters. The van der Waals surface area contributed by atoms with Gasteiger partial charge in [0.05, 0.1) is 11.0 Å². The number of alkyl halides is 3. The van der Waals surface area contributed by atoms with Crippen molar-refractivity contribution < 1.29 is 18.0 Å². The van der Waals surface area contributed by atoms with Gasteiger partial charge in [-0.1, -0.05) is 36.1 Å². The van der Waals surface area contributed by atoms with Crippen molar-refractivity contribution in [3.8, 4) is 0 Å². The van der Waals surface area contributed by atoms with Crippen molar-refractivity contribution in [1.82, 2.24) is 4.90 Å². The molecule has 1 saturated carbocycles. The number of likely N-dealkylation sites (tertiary alicyclic amines) is 1. The van der Waals surface area contributed by atoms with Crippen molar-refractivity contribution in [1.29, 1.82) is 0 Å². The molecule has 2 aliphatic carbocycles. The molecule has 0 aromatic heterocycles. The maximum Gasteiger partial charge on any atom is 0.397 e. The molecule has 1 unspecified atom stereocenters. The van der Waals surface area contributed by atoms with Crippen molar-refractivity contribution >= 4 is 17.4 Å². The van der Waals surface area contributed by atoms with E-state index in [1.54, 1.807) is 0 Å². The number of ketones is 1. The van der Waals surface area contributed by atoms with Gasteiger partial charge < -0.3 is 10.6 Å². The van der Waals surface area contributed by atoms with E-state index in [-0.39, 0.29) is 28.9 Å². The zero-order chi connectivity index (χ0) is 24.2. The Morgan fingerprint density at radius 1 is 1.21 bits per heavy atom. The first kappa shape index (κ1) is 26.3. The average Bonchev–Trinajstić information content (AvgIpc) is 2.76. The first-order valence-corrected chi connectivity index (χ1v) is 12.8. The summed E-state index contributed by atoms with van der Waals surface area (Å²) in [7, 11) is 2.18. The number of carbonyl (C=O) groups is 1. The molecule has 0 aromatic rings. The summed E-state index contributed by atoms with van der Waals surface area (Å²) < 4.78 is 40.2. The standard InChI is InChI=1S/C26H38ClF3N2O/c1-3-4-21(13-18-14-22(26(28,29)30)25(31)23(27)15-18)24(33)16-17-5-7-19(8-6-17)20-9-11-32(2)12-10-20/h15-16,19-22H,3-14,31H2,1-2H3/t19?,21-,22?/m1/s1. The molecular weight excluding hydrogens is 449 g/mol. The van der Waals surface area contributed by atoms with E-state index in [4.69, 9.17) is 17.3 Å². The van der Waals surface area contributed by atoms with Crippen LogP contribution in [0.2, 0.25) is 0 Å². The molecule has 0 amide bonds. The van der Waals surface area contributed by atoms with Crippen LogP contribution in [0.25, 0.3) is 0 Å². The predicted octanol–water partition coefficient (Wildman–Crippen LogP) is 6.74. The monoisotopic (exact) mass is 486 g/mol. The minimum absolute atomic E-state index is 0.0488. The summed E-state index contributed by atoms with van der Waals surface area (Å²) in [4.78, 5) is 15.5. The third-order valence-electron chi connectivity index (χ3n) is 7.84. The lowest BCUT2D eigenvalue weighted by atomic mass is 9.74. The summed E-state index contributed by atoms with van der Waals surface area (Å²) in [5.74, 6) is -0.471. The molecule has 2 fully saturated rings. The number of halogens is 4.